The number of esters is 1. The van der Waals surface area contributed by atoms with Gasteiger partial charge in [-0.3, -0.25) is 9.20 Å². The molecular formula is C25H33ClN4O2. The summed E-state index contributed by atoms with van der Waals surface area (Å²) in [5, 5.41) is 0.700. The minimum absolute atomic E-state index is 0.112. The number of benzene rings is 1. The zero-order chi connectivity index (χ0) is 23.3. The smallest absolute Gasteiger partial charge is 0.310 e. The van der Waals surface area contributed by atoms with Crippen LogP contribution in [0.25, 0.3) is 16.8 Å². The molecule has 0 spiro atoms. The SMILES string of the molecule is CC.CCOC(=O)C1CCCN(c2cnc3cc(CN)c(-c4ccc(C)cc4Cl)cn23)C1. The summed E-state index contributed by atoms with van der Waals surface area (Å²) in [6, 6.07) is 8.06. The highest BCUT2D eigenvalue weighted by Gasteiger charge is 2.28. The van der Waals surface area contributed by atoms with E-state index in [-0.39, 0.29) is 11.9 Å². The summed E-state index contributed by atoms with van der Waals surface area (Å²) in [5.41, 5.74) is 10.9. The van der Waals surface area contributed by atoms with Gasteiger partial charge in [0.25, 0.3) is 0 Å². The van der Waals surface area contributed by atoms with Crippen molar-refractivity contribution in [3.8, 4) is 11.1 Å². The van der Waals surface area contributed by atoms with E-state index in [9.17, 15) is 4.79 Å². The lowest BCUT2D eigenvalue weighted by Crippen LogP contribution is -2.40. The Bertz CT molecular complexity index is 1080. The van der Waals surface area contributed by atoms with Gasteiger partial charge in [0, 0.05) is 42.0 Å². The topological polar surface area (TPSA) is 72.9 Å². The number of hydrogen-bond donors (Lipinski definition) is 1. The predicted molar refractivity (Wildman–Crippen MR) is 131 cm³/mol. The monoisotopic (exact) mass is 456 g/mol. The molecule has 0 saturated carbocycles. The molecule has 1 saturated heterocycles. The van der Waals surface area contributed by atoms with Crippen LogP contribution in [0.4, 0.5) is 5.82 Å². The number of imidazole rings is 1. The molecule has 1 unspecified atom stereocenters. The number of piperidine rings is 1. The lowest BCUT2D eigenvalue weighted by atomic mass is 9.98. The maximum absolute atomic E-state index is 12.3. The van der Waals surface area contributed by atoms with Crippen LogP contribution in [-0.4, -0.2) is 35.1 Å². The fourth-order valence-electron chi connectivity index (χ4n) is 4.17. The van der Waals surface area contributed by atoms with Crippen molar-refractivity contribution in [2.75, 3.05) is 24.6 Å². The zero-order valence-corrected chi connectivity index (χ0v) is 20.2. The lowest BCUT2D eigenvalue weighted by molar-refractivity contribution is -0.148. The molecule has 1 aliphatic heterocycles. The first-order valence-corrected chi connectivity index (χ1v) is 11.8. The van der Waals surface area contributed by atoms with Crippen LogP contribution in [0.2, 0.25) is 5.02 Å². The van der Waals surface area contributed by atoms with Crippen LogP contribution in [0.3, 0.4) is 0 Å². The van der Waals surface area contributed by atoms with Gasteiger partial charge in [0.2, 0.25) is 0 Å². The van der Waals surface area contributed by atoms with Crippen LogP contribution in [0.15, 0.2) is 36.7 Å². The largest absolute Gasteiger partial charge is 0.466 e. The summed E-state index contributed by atoms with van der Waals surface area (Å²) in [6.45, 7) is 10.2. The minimum Gasteiger partial charge on any atom is -0.466 e. The van der Waals surface area contributed by atoms with Gasteiger partial charge in [-0.1, -0.05) is 37.6 Å². The quantitative estimate of drug-likeness (QED) is 0.532. The molecule has 2 N–H and O–H groups in total. The lowest BCUT2D eigenvalue weighted by Gasteiger charge is -2.32. The Kier molecular flexibility index (Phi) is 8.15. The maximum Gasteiger partial charge on any atom is 0.310 e. The second kappa shape index (κ2) is 10.8. The molecule has 6 nitrogen and oxygen atoms in total. The van der Waals surface area contributed by atoms with Crippen molar-refractivity contribution in [2.24, 2.45) is 11.7 Å². The number of carbonyl (C=O) groups is 1. The number of carbonyl (C=O) groups excluding carboxylic acids is 1. The fourth-order valence-corrected chi connectivity index (χ4v) is 4.51. The van der Waals surface area contributed by atoms with Gasteiger partial charge in [-0.2, -0.15) is 0 Å². The summed E-state index contributed by atoms with van der Waals surface area (Å²) in [6.07, 6.45) is 5.72. The van der Waals surface area contributed by atoms with E-state index in [1.165, 1.54) is 0 Å². The number of pyridine rings is 1. The van der Waals surface area contributed by atoms with Gasteiger partial charge in [-0.25, -0.2) is 4.98 Å². The van der Waals surface area contributed by atoms with Crippen molar-refractivity contribution in [3.63, 3.8) is 0 Å². The fraction of sp³-hybridized carbons (Fsp3) is 0.440. The molecule has 172 valence electrons. The van der Waals surface area contributed by atoms with Crippen LogP contribution < -0.4 is 10.6 Å². The Balaban J connectivity index is 0.00000141. The van der Waals surface area contributed by atoms with Gasteiger partial charge in [0.1, 0.15) is 11.5 Å². The molecule has 7 heteroatoms. The molecule has 0 amide bonds. The highest BCUT2D eigenvalue weighted by molar-refractivity contribution is 6.33. The van der Waals surface area contributed by atoms with E-state index in [4.69, 9.17) is 22.1 Å². The van der Waals surface area contributed by atoms with E-state index in [2.05, 4.69) is 26.5 Å². The summed E-state index contributed by atoms with van der Waals surface area (Å²) in [7, 11) is 0. The number of aryl methyl sites for hydroxylation is 1. The van der Waals surface area contributed by atoms with E-state index in [1.54, 1.807) is 0 Å². The number of hydrogen-bond acceptors (Lipinski definition) is 5. The second-order valence-corrected chi connectivity index (χ2v) is 8.19. The number of rotatable bonds is 5. The molecule has 4 rings (SSSR count). The van der Waals surface area contributed by atoms with Gasteiger partial charge in [0.05, 0.1) is 18.7 Å². The molecule has 1 aromatic carbocycles. The van der Waals surface area contributed by atoms with Crippen molar-refractivity contribution in [1.29, 1.82) is 0 Å². The molecule has 1 aliphatic rings. The average Bonchev–Trinajstić information content (AvgIpc) is 3.23. The molecule has 0 bridgehead atoms. The number of nitrogens with two attached hydrogens (primary N) is 1. The van der Waals surface area contributed by atoms with E-state index < -0.39 is 0 Å². The van der Waals surface area contributed by atoms with Crippen LogP contribution in [0, 0.1) is 12.8 Å². The third-order valence-electron chi connectivity index (χ3n) is 5.71. The Morgan fingerprint density at radius 1 is 1.28 bits per heavy atom. The molecule has 3 aromatic rings. The Hall–Kier alpha value is -2.57. The van der Waals surface area contributed by atoms with Crippen LogP contribution in [0.1, 0.15) is 44.7 Å². The summed E-state index contributed by atoms with van der Waals surface area (Å²) < 4.78 is 7.32. The normalized spacial score (nSPS) is 15.9. The van der Waals surface area contributed by atoms with Crippen LogP contribution >= 0.6 is 11.6 Å². The molecular weight excluding hydrogens is 424 g/mol. The summed E-state index contributed by atoms with van der Waals surface area (Å²) >= 11 is 6.56. The van der Waals surface area contributed by atoms with Gasteiger partial charge in [0.15, 0.2) is 0 Å². The number of anilines is 1. The molecule has 1 atom stereocenters. The van der Waals surface area contributed by atoms with Crippen LogP contribution in [-0.2, 0) is 16.1 Å². The molecule has 32 heavy (non-hydrogen) atoms. The molecule has 0 radical (unpaired) electrons. The van der Waals surface area contributed by atoms with E-state index in [0.717, 1.165) is 53.1 Å². The standard InChI is InChI=1S/C23H27ClN4O2.C2H6/c1-3-30-23(29)16-5-4-8-27(13-16)22-12-26-21-10-17(11-25)19(14-28(21)22)18-7-6-15(2)9-20(18)24;1-2/h6-7,9-10,12,14,16H,3-5,8,11,13,25H2,1-2H3;1-2H3. The van der Waals surface area contributed by atoms with Gasteiger partial charge < -0.3 is 15.4 Å². The maximum atomic E-state index is 12.3. The van der Waals surface area contributed by atoms with Crippen molar-refractivity contribution in [1.82, 2.24) is 9.38 Å². The van der Waals surface area contributed by atoms with Gasteiger partial charge in [-0.05, 0) is 49.9 Å². The highest BCUT2D eigenvalue weighted by Crippen LogP contribution is 2.33. The molecule has 1 fully saturated rings. The second-order valence-electron chi connectivity index (χ2n) is 7.78. The summed E-state index contributed by atoms with van der Waals surface area (Å²) in [5.74, 6) is 0.735. The highest BCUT2D eigenvalue weighted by atomic mass is 35.5. The number of halogens is 1. The van der Waals surface area contributed by atoms with Crippen molar-refractivity contribution in [2.45, 2.75) is 47.1 Å². The van der Waals surface area contributed by atoms with Crippen molar-refractivity contribution in [3.05, 3.63) is 52.8 Å². The predicted octanol–water partition coefficient (Wildman–Crippen LogP) is 5.23. The van der Waals surface area contributed by atoms with Gasteiger partial charge in [-0.15, -0.1) is 0 Å². The number of nitrogens with zero attached hydrogens (tertiary/aromatic N) is 3. The summed E-state index contributed by atoms with van der Waals surface area (Å²) in [4.78, 5) is 19.1. The van der Waals surface area contributed by atoms with E-state index >= 15 is 0 Å². The molecule has 3 heterocycles. The Morgan fingerprint density at radius 2 is 2.06 bits per heavy atom. The number of fused-ring (bicyclic) bond motifs is 1. The van der Waals surface area contributed by atoms with Gasteiger partial charge >= 0.3 is 5.97 Å². The average molecular weight is 457 g/mol. The van der Waals surface area contributed by atoms with Crippen molar-refractivity contribution < 1.29 is 9.53 Å². The number of aromatic nitrogens is 2. The van der Waals surface area contributed by atoms with E-state index in [0.29, 0.717) is 24.7 Å². The first kappa shape index (κ1) is 24.1. The van der Waals surface area contributed by atoms with Crippen LogP contribution in [0.5, 0.6) is 0 Å². The molecule has 2 aromatic heterocycles. The number of ether oxygens (including phenoxy) is 1. The Morgan fingerprint density at radius 3 is 2.75 bits per heavy atom. The third kappa shape index (κ3) is 4.92. The minimum atomic E-state index is -0.117. The zero-order valence-electron chi connectivity index (χ0n) is 19.4. The first-order chi connectivity index (χ1) is 15.5. The first-order valence-electron chi connectivity index (χ1n) is 11.4. The third-order valence-corrected chi connectivity index (χ3v) is 6.03. The van der Waals surface area contributed by atoms with Crippen molar-refractivity contribution >= 4 is 29.0 Å². The molecule has 0 aliphatic carbocycles. The Labute approximate surface area is 195 Å². The van der Waals surface area contributed by atoms with E-state index in [1.807, 2.05) is 52.1 Å².